The lowest BCUT2D eigenvalue weighted by molar-refractivity contribution is 0.408. The topological polar surface area (TPSA) is 58.5 Å². The Labute approximate surface area is 137 Å². The van der Waals surface area contributed by atoms with Gasteiger partial charge in [-0.3, -0.25) is 9.98 Å². The summed E-state index contributed by atoms with van der Waals surface area (Å²) in [6.07, 6.45) is 2.67. The molecular weight excluding hydrogens is 288 g/mol. The Hall–Kier alpha value is -2.56. The lowest BCUT2D eigenvalue weighted by atomic mass is 10.1. The monoisotopic (exact) mass is 312 g/mol. The van der Waals surface area contributed by atoms with Gasteiger partial charge in [0.1, 0.15) is 5.75 Å². The van der Waals surface area contributed by atoms with Crippen LogP contribution in [-0.2, 0) is 13.0 Å². The highest BCUT2D eigenvalue weighted by atomic mass is 16.5. The summed E-state index contributed by atoms with van der Waals surface area (Å²) in [5, 5.41) is 6.60. The van der Waals surface area contributed by atoms with Crippen LogP contribution in [0.2, 0.25) is 0 Å². The van der Waals surface area contributed by atoms with Crippen molar-refractivity contribution in [3.63, 3.8) is 0 Å². The van der Waals surface area contributed by atoms with E-state index in [9.17, 15) is 0 Å². The fourth-order valence-corrected chi connectivity index (χ4v) is 2.25. The molecule has 0 aliphatic carbocycles. The first-order valence-corrected chi connectivity index (χ1v) is 7.71. The minimum absolute atomic E-state index is 0.659. The number of hydrogen-bond acceptors (Lipinski definition) is 3. The zero-order valence-corrected chi connectivity index (χ0v) is 14.0. The maximum absolute atomic E-state index is 5.42. The number of aromatic nitrogens is 1. The molecule has 1 aromatic heterocycles. The fraction of sp³-hybridized carbons (Fsp3) is 0.333. The normalized spacial score (nSPS) is 11.2. The van der Waals surface area contributed by atoms with Crippen molar-refractivity contribution in [1.82, 2.24) is 15.6 Å². The molecule has 5 nitrogen and oxygen atoms in total. The lowest BCUT2D eigenvalue weighted by Gasteiger charge is -2.14. The summed E-state index contributed by atoms with van der Waals surface area (Å²) >= 11 is 0. The van der Waals surface area contributed by atoms with Crippen LogP contribution in [0.5, 0.6) is 5.75 Å². The highest BCUT2D eigenvalue weighted by Crippen LogP contribution is 2.19. The van der Waals surface area contributed by atoms with Gasteiger partial charge in [0.05, 0.1) is 7.11 Å². The highest BCUT2D eigenvalue weighted by Gasteiger charge is 2.04. The van der Waals surface area contributed by atoms with Crippen LogP contribution < -0.4 is 15.4 Å². The Balaban J connectivity index is 1.83. The summed E-state index contributed by atoms with van der Waals surface area (Å²) < 4.78 is 5.42. The lowest BCUT2D eigenvalue weighted by Crippen LogP contribution is -2.38. The van der Waals surface area contributed by atoms with Crippen molar-refractivity contribution in [2.24, 2.45) is 4.99 Å². The second-order valence-electron chi connectivity index (χ2n) is 5.24. The zero-order valence-electron chi connectivity index (χ0n) is 14.0. The average molecular weight is 312 g/mol. The number of nitrogens with one attached hydrogen (secondary N) is 2. The van der Waals surface area contributed by atoms with E-state index in [1.165, 1.54) is 5.56 Å². The Morgan fingerprint density at radius 3 is 2.78 bits per heavy atom. The molecule has 0 aliphatic heterocycles. The summed E-state index contributed by atoms with van der Waals surface area (Å²) in [4.78, 5) is 8.55. The van der Waals surface area contributed by atoms with Crippen molar-refractivity contribution in [2.45, 2.75) is 19.9 Å². The number of rotatable bonds is 6. The standard InChI is InChI=1S/C18H24N4O/c1-14-7-8-15(17(12-14)23-3)13-22-18(19-2)21-11-9-16-6-4-5-10-20-16/h4-8,10,12H,9,11,13H2,1-3H3,(H2,19,21,22). The zero-order chi connectivity index (χ0) is 16.5. The van der Waals surface area contributed by atoms with Gasteiger partial charge < -0.3 is 15.4 Å². The maximum Gasteiger partial charge on any atom is 0.191 e. The van der Waals surface area contributed by atoms with Crippen LogP contribution >= 0.6 is 0 Å². The largest absolute Gasteiger partial charge is 0.496 e. The number of ether oxygens (including phenoxy) is 1. The first-order valence-electron chi connectivity index (χ1n) is 7.71. The summed E-state index contributed by atoms with van der Waals surface area (Å²) in [6.45, 7) is 3.49. The van der Waals surface area contributed by atoms with Crippen LogP contribution in [0.15, 0.2) is 47.6 Å². The van der Waals surface area contributed by atoms with Crippen molar-refractivity contribution in [1.29, 1.82) is 0 Å². The van der Waals surface area contributed by atoms with Crippen LogP contribution in [0.25, 0.3) is 0 Å². The predicted molar refractivity (Wildman–Crippen MR) is 93.9 cm³/mol. The van der Waals surface area contributed by atoms with E-state index in [-0.39, 0.29) is 0 Å². The SMILES string of the molecule is CN=C(NCCc1ccccn1)NCc1ccc(C)cc1OC. The molecule has 1 aromatic carbocycles. The number of methoxy groups -OCH3 is 1. The number of hydrogen-bond donors (Lipinski definition) is 2. The van der Waals surface area contributed by atoms with Crippen molar-refractivity contribution in [3.05, 3.63) is 59.4 Å². The van der Waals surface area contributed by atoms with E-state index in [2.05, 4.69) is 39.7 Å². The molecule has 1 heterocycles. The Kier molecular flexibility index (Phi) is 6.41. The van der Waals surface area contributed by atoms with E-state index in [4.69, 9.17) is 4.74 Å². The third kappa shape index (κ3) is 5.29. The van der Waals surface area contributed by atoms with E-state index >= 15 is 0 Å². The Bertz CT molecular complexity index is 641. The molecule has 0 aliphatic rings. The van der Waals surface area contributed by atoms with Crippen molar-refractivity contribution < 1.29 is 4.74 Å². The van der Waals surface area contributed by atoms with Gasteiger partial charge in [0.15, 0.2) is 5.96 Å². The van der Waals surface area contributed by atoms with Crippen LogP contribution in [-0.4, -0.2) is 31.6 Å². The fourth-order valence-electron chi connectivity index (χ4n) is 2.25. The first-order chi connectivity index (χ1) is 11.2. The molecule has 5 heteroatoms. The van der Waals surface area contributed by atoms with Gasteiger partial charge in [-0.2, -0.15) is 0 Å². The van der Waals surface area contributed by atoms with Crippen LogP contribution in [0.4, 0.5) is 0 Å². The molecule has 2 rings (SSSR count). The molecule has 0 saturated heterocycles. The van der Waals surface area contributed by atoms with Gasteiger partial charge in [-0.25, -0.2) is 0 Å². The second-order valence-corrected chi connectivity index (χ2v) is 5.24. The Morgan fingerprint density at radius 1 is 1.22 bits per heavy atom. The summed E-state index contributed by atoms with van der Waals surface area (Å²) in [7, 11) is 3.46. The van der Waals surface area contributed by atoms with Crippen molar-refractivity contribution in [3.8, 4) is 5.75 Å². The first kappa shape index (κ1) is 16.8. The minimum Gasteiger partial charge on any atom is -0.496 e. The molecular formula is C18H24N4O. The number of nitrogens with zero attached hydrogens (tertiary/aromatic N) is 2. The van der Waals surface area contributed by atoms with Crippen molar-refractivity contribution >= 4 is 5.96 Å². The van der Waals surface area contributed by atoms with Gasteiger partial charge in [0.25, 0.3) is 0 Å². The number of pyridine rings is 1. The Morgan fingerprint density at radius 2 is 2.09 bits per heavy atom. The average Bonchev–Trinajstić information content (AvgIpc) is 2.59. The van der Waals surface area contributed by atoms with Gasteiger partial charge in [0.2, 0.25) is 0 Å². The maximum atomic E-state index is 5.42. The molecule has 0 bridgehead atoms. The molecule has 23 heavy (non-hydrogen) atoms. The molecule has 0 fully saturated rings. The molecule has 0 radical (unpaired) electrons. The summed E-state index contributed by atoms with van der Waals surface area (Å²) in [5.74, 6) is 1.66. The van der Waals surface area contributed by atoms with Crippen molar-refractivity contribution in [2.75, 3.05) is 20.7 Å². The molecule has 0 unspecified atom stereocenters. The van der Waals surface area contributed by atoms with Crippen LogP contribution in [0.3, 0.4) is 0 Å². The molecule has 2 N–H and O–H groups in total. The smallest absolute Gasteiger partial charge is 0.191 e. The highest BCUT2D eigenvalue weighted by molar-refractivity contribution is 5.79. The summed E-state index contributed by atoms with van der Waals surface area (Å²) in [5.41, 5.74) is 3.35. The van der Waals surface area contributed by atoms with E-state index in [1.54, 1.807) is 14.2 Å². The second kappa shape index (κ2) is 8.78. The number of benzene rings is 1. The van der Waals surface area contributed by atoms with Gasteiger partial charge >= 0.3 is 0 Å². The quantitative estimate of drug-likeness (QED) is 0.635. The van der Waals surface area contributed by atoms with Gasteiger partial charge in [-0.1, -0.05) is 18.2 Å². The minimum atomic E-state index is 0.659. The number of aryl methyl sites for hydroxylation is 1. The molecule has 122 valence electrons. The third-order valence-corrected chi connectivity index (χ3v) is 3.51. The van der Waals surface area contributed by atoms with Gasteiger partial charge in [0, 0.05) is 44.0 Å². The molecule has 0 saturated carbocycles. The van der Waals surface area contributed by atoms with Crippen LogP contribution in [0.1, 0.15) is 16.8 Å². The number of aliphatic imine (C=N–C) groups is 1. The number of guanidine groups is 1. The van der Waals surface area contributed by atoms with Gasteiger partial charge in [-0.15, -0.1) is 0 Å². The molecule has 0 atom stereocenters. The van der Waals surface area contributed by atoms with E-state index < -0.39 is 0 Å². The predicted octanol–water partition coefficient (Wildman–Crippen LogP) is 2.31. The third-order valence-electron chi connectivity index (χ3n) is 3.51. The van der Waals surface area contributed by atoms with Gasteiger partial charge in [-0.05, 0) is 30.7 Å². The summed E-state index contributed by atoms with van der Waals surface area (Å²) in [6, 6.07) is 12.1. The van der Waals surface area contributed by atoms with Crippen LogP contribution in [0, 0.1) is 6.92 Å². The van der Waals surface area contributed by atoms with E-state index in [1.807, 2.05) is 30.5 Å². The molecule has 2 aromatic rings. The molecule has 0 spiro atoms. The molecule has 0 amide bonds. The van der Waals surface area contributed by atoms with E-state index in [0.29, 0.717) is 6.54 Å². The van der Waals surface area contributed by atoms with E-state index in [0.717, 1.165) is 35.9 Å².